The van der Waals surface area contributed by atoms with Crippen LogP contribution < -0.4 is 0 Å². The number of carbonyl (C=O) groups excluding carboxylic acids is 3. The Morgan fingerprint density at radius 2 is 1.30 bits per heavy atom. The number of ether oxygens (including phenoxy) is 1. The number of nitrogens with zero attached hydrogens (tertiary/aromatic N) is 1. The summed E-state index contributed by atoms with van der Waals surface area (Å²) in [7, 11) is 0. The van der Waals surface area contributed by atoms with Gasteiger partial charge in [-0.3, -0.25) is 14.5 Å². The monoisotopic (exact) mass is 505 g/mol. The average Bonchev–Trinajstić information content (AvgIpc) is 2.81. The van der Waals surface area contributed by atoms with E-state index in [9.17, 15) is 39.3 Å². The van der Waals surface area contributed by atoms with E-state index >= 15 is 0 Å². The number of aromatic hydroxyl groups is 1. The average molecular weight is 505 g/mol. The summed E-state index contributed by atoms with van der Waals surface area (Å²) in [5, 5.41) is 28.6. The Morgan fingerprint density at radius 3 is 1.73 bits per heavy atom. The Labute approximate surface area is 210 Å². The molecule has 0 spiro atoms. The van der Waals surface area contributed by atoms with Gasteiger partial charge >= 0.3 is 17.9 Å². The van der Waals surface area contributed by atoms with Crippen molar-refractivity contribution >= 4 is 40.5 Å². The summed E-state index contributed by atoms with van der Waals surface area (Å²) in [6.45, 7) is 4.91. The molecule has 0 saturated carbocycles. The molecule has 2 amide bonds. The van der Waals surface area contributed by atoms with Gasteiger partial charge in [-0.25, -0.2) is 14.4 Å². The zero-order valence-electron chi connectivity index (χ0n) is 20.1. The van der Waals surface area contributed by atoms with Crippen LogP contribution >= 0.6 is 0 Å². The zero-order chi connectivity index (χ0) is 27.2. The van der Waals surface area contributed by atoms with E-state index in [1.54, 1.807) is 32.9 Å². The largest absolute Gasteiger partial charge is 0.508 e. The van der Waals surface area contributed by atoms with Crippen LogP contribution in [0.3, 0.4) is 0 Å². The molecule has 0 unspecified atom stereocenters. The fourth-order valence-electron chi connectivity index (χ4n) is 4.35. The first kappa shape index (κ1) is 25.4. The zero-order valence-corrected chi connectivity index (χ0v) is 20.1. The Hall–Kier alpha value is -4.73. The van der Waals surface area contributed by atoms with Crippen LogP contribution in [0.5, 0.6) is 5.75 Å². The van der Waals surface area contributed by atoms with Gasteiger partial charge in [-0.05, 0) is 62.7 Å². The number of esters is 1. The molecule has 0 radical (unpaired) electrons. The number of phenolic OH excluding ortho intramolecular Hbond substituents is 1. The molecule has 3 N–H and O–H groups in total. The van der Waals surface area contributed by atoms with E-state index < -0.39 is 41.4 Å². The predicted molar refractivity (Wildman–Crippen MR) is 130 cm³/mol. The maximum atomic E-state index is 13.7. The molecule has 1 heterocycles. The van der Waals surface area contributed by atoms with Crippen LogP contribution in [0.4, 0.5) is 0 Å². The summed E-state index contributed by atoms with van der Waals surface area (Å²) in [6.07, 6.45) is -0.119. The lowest BCUT2D eigenvalue weighted by Gasteiger charge is -2.34. The minimum Gasteiger partial charge on any atom is -0.508 e. The Balaban J connectivity index is 1.91. The van der Waals surface area contributed by atoms with Crippen molar-refractivity contribution in [3.05, 3.63) is 76.3 Å². The Bertz CT molecular complexity index is 1410. The second kappa shape index (κ2) is 9.05. The molecule has 4 rings (SSSR count). The van der Waals surface area contributed by atoms with Crippen LogP contribution in [0, 0.1) is 0 Å². The summed E-state index contributed by atoms with van der Waals surface area (Å²) in [4.78, 5) is 65.1. The maximum Gasteiger partial charge on any atom is 0.336 e. The van der Waals surface area contributed by atoms with E-state index in [4.69, 9.17) is 4.74 Å². The molecule has 0 aliphatic carbocycles. The van der Waals surface area contributed by atoms with Crippen molar-refractivity contribution in [2.45, 2.75) is 38.8 Å². The van der Waals surface area contributed by atoms with Crippen molar-refractivity contribution in [3.63, 3.8) is 0 Å². The number of hydrogen-bond acceptors (Lipinski definition) is 7. The number of rotatable bonds is 6. The van der Waals surface area contributed by atoms with Crippen molar-refractivity contribution in [2.75, 3.05) is 0 Å². The first-order valence-corrected chi connectivity index (χ1v) is 11.2. The third-order valence-corrected chi connectivity index (χ3v) is 5.88. The molecule has 1 aliphatic rings. The topological polar surface area (TPSA) is 159 Å². The van der Waals surface area contributed by atoms with E-state index in [0.29, 0.717) is 5.56 Å². The number of phenols is 1. The van der Waals surface area contributed by atoms with E-state index in [2.05, 4.69) is 0 Å². The van der Waals surface area contributed by atoms with Gasteiger partial charge in [0.25, 0.3) is 11.8 Å². The lowest BCUT2D eigenvalue weighted by atomic mass is 9.87. The molecule has 3 aromatic rings. The fraction of sp³-hybridized carbons (Fsp3) is 0.222. The van der Waals surface area contributed by atoms with Gasteiger partial charge in [-0.1, -0.05) is 12.1 Å². The molecule has 10 heteroatoms. The van der Waals surface area contributed by atoms with Gasteiger partial charge in [-0.15, -0.1) is 0 Å². The minimum atomic E-state index is -1.42. The summed E-state index contributed by atoms with van der Waals surface area (Å²) in [5.41, 5.74) is -1.38. The maximum absolute atomic E-state index is 13.7. The van der Waals surface area contributed by atoms with Crippen LogP contribution in [-0.4, -0.2) is 61.6 Å². The third-order valence-electron chi connectivity index (χ3n) is 5.88. The smallest absolute Gasteiger partial charge is 0.336 e. The highest BCUT2D eigenvalue weighted by Crippen LogP contribution is 2.36. The summed E-state index contributed by atoms with van der Waals surface area (Å²) < 4.78 is 5.52. The number of carboxylic acid groups (broad SMARTS) is 2. The van der Waals surface area contributed by atoms with Crippen molar-refractivity contribution in [2.24, 2.45) is 0 Å². The second-order valence-electron chi connectivity index (χ2n) is 9.58. The van der Waals surface area contributed by atoms with Crippen molar-refractivity contribution < 1.29 is 44.0 Å². The standard InChI is InChI=1S/C27H23NO9/c1-27(2,3)37-26(36)19(12-13-4-6-14(29)7-5-13)28-22(30)15-8-10-17(24(32)33)21-18(25(34)35)11-9-16(20(15)21)23(28)31/h4-11,19,29H,12H2,1-3H3,(H,32,33)(H,34,35)/t19-/m0/s1. The van der Waals surface area contributed by atoms with Crippen molar-refractivity contribution in [1.82, 2.24) is 4.90 Å². The molecule has 0 saturated heterocycles. The molecule has 10 nitrogen and oxygen atoms in total. The van der Waals surface area contributed by atoms with E-state index in [1.807, 2.05) is 0 Å². The van der Waals surface area contributed by atoms with Crippen LogP contribution in [0.15, 0.2) is 48.5 Å². The molecule has 190 valence electrons. The highest BCUT2D eigenvalue weighted by molar-refractivity contribution is 6.30. The number of hydrogen-bond donors (Lipinski definition) is 3. The highest BCUT2D eigenvalue weighted by Gasteiger charge is 2.43. The van der Waals surface area contributed by atoms with E-state index in [-0.39, 0.29) is 45.2 Å². The van der Waals surface area contributed by atoms with Crippen molar-refractivity contribution in [1.29, 1.82) is 0 Å². The van der Waals surface area contributed by atoms with Gasteiger partial charge in [0, 0.05) is 28.3 Å². The van der Waals surface area contributed by atoms with Crippen LogP contribution in [0.2, 0.25) is 0 Å². The number of imide groups is 1. The van der Waals surface area contributed by atoms with Crippen LogP contribution in [0.25, 0.3) is 10.8 Å². The normalized spacial score (nSPS) is 14.0. The molecule has 0 aromatic heterocycles. The van der Waals surface area contributed by atoms with Gasteiger partial charge in [0.15, 0.2) is 0 Å². The number of amides is 2. The van der Waals surface area contributed by atoms with E-state index in [0.717, 1.165) is 17.0 Å². The molecule has 37 heavy (non-hydrogen) atoms. The minimum absolute atomic E-state index is 0.00762. The lowest BCUT2D eigenvalue weighted by molar-refractivity contribution is -0.159. The van der Waals surface area contributed by atoms with Gasteiger partial charge in [0.1, 0.15) is 17.4 Å². The van der Waals surface area contributed by atoms with Gasteiger partial charge in [0.05, 0.1) is 11.1 Å². The second-order valence-corrected chi connectivity index (χ2v) is 9.58. The van der Waals surface area contributed by atoms with Gasteiger partial charge in [0.2, 0.25) is 0 Å². The van der Waals surface area contributed by atoms with Crippen LogP contribution in [-0.2, 0) is 16.0 Å². The summed E-state index contributed by atoms with van der Waals surface area (Å²) >= 11 is 0. The molecule has 0 bridgehead atoms. The predicted octanol–water partition coefficient (Wildman–Crippen LogP) is 3.49. The molecule has 3 aromatic carbocycles. The quantitative estimate of drug-likeness (QED) is 0.337. The van der Waals surface area contributed by atoms with Gasteiger partial charge in [-0.2, -0.15) is 0 Å². The lowest BCUT2D eigenvalue weighted by Crippen LogP contribution is -2.53. The number of benzene rings is 3. The van der Waals surface area contributed by atoms with Gasteiger partial charge < -0.3 is 20.1 Å². The number of aromatic carboxylic acids is 2. The highest BCUT2D eigenvalue weighted by atomic mass is 16.6. The van der Waals surface area contributed by atoms with Crippen LogP contribution in [0.1, 0.15) is 67.8 Å². The van der Waals surface area contributed by atoms with Crippen molar-refractivity contribution in [3.8, 4) is 5.75 Å². The molecular weight excluding hydrogens is 482 g/mol. The first-order valence-electron chi connectivity index (χ1n) is 11.2. The number of carbonyl (C=O) groups is 5. The summed E-state index contributed by atoms with van der Waals surface area (Å²) in [6, 6.07) is 9.10. The number of carboxylic acids is 2. The fourth-order valence-corrected chi connectivity index (χ4v) is 4.35. The SMILES string of the molecule is CC(C)(C)OC(=O)[C@H](Cc1ccc(O)cc1)N1C(=O)c2ccc(C(=O)O)c3c(C(=O)O)ccc(c23)C1=O. The first-order chi connectivity index (χ1) is 17.3. The molecule has 0 fully saturated rings. The molecule has 1 atom stereocenters. The third kappa shape index (κ3) is 4.61. The Kier molecular flexibility index (Phi) is 6.20. The Morgan fingerprint density at radius 1 is 0.811 bits per heavy atom. The van der Waals surface area contributed by atoms with E-state index in [1.165, 1.54) is 24.3 Å². The molecular formula is C27H23NO9. The molecule has 1 aliphatic heterocycles. The summed E-state index contributed by atoms with van der Waals surface area (Å²) in [5.74, 6) is -5.48.